The first-order chi connectivity index (χ1) is 14.8. The number of benzene rings is 2. The molecule has 2 aromatic carbocycles. The van der Waals surface area contributed by atoms with Crippen molar-refractivity contribution >= 4 is 46.6 Å². The normalized spacial score (nSPS) is 14.8. The molecule has 162 valence electrons. The van der Waals surface area contributed by atoms with Crippen LogP contribution in [0.2, 0.25) is 5.02 Å². The summed E-state index contributed by atoms with van der Waals surface area (Å²) in [5.41, 5.74) is 0.784. The maximum Gasteiger partial charge on any atom is 0.325 e. The van der Waals surface area contributed by atoms with Gasteiger partial charge in [0.1, 0.15) is 19.0 Å². The molecule has 0 radical (unpaired) electrons. The Balaban J connectivity index is 1.78. The topological polar surface area (TPSA) is 82.1 Å². The fourth-order valence-corrected chi connectivity index (χ4v) is 3.75. The molecule has 0 atom stereocenters. The van der Waals surface area contributed by atoms with Gasteiger partial charge in [0.25, 0.3) is 11.1 Å². The number of ether oxygens (including phenoxy) is 3. The van der Waals surface area contributed by atoms with Crippen LogP contribution >= 0.6 is 23.4 Å². The summed E-state index contributed by atoms with van der Waals surface area (Å²) in [6, 6.07) is 9.21. The number of methoxy groups -OCH3 is 2. The van der Waals surface area contributed by atoms with Crippen LogP contribution in [0, 0.1) is 5.82 Å². The number of rotatable bonds is 7. The van der Waals surface area contributed by atoms with Gasteiger partial charge in [-0.1, -0.05) is 23.7 Å². The summed E-state index contributed by atoms with van der Waals surface area (Å²) in [5.74, 6) is -1.07. The Labute approximate surface area is 186 Å². The third-order valence-electron chi connectivity index (χ3n) is 4.31. The standard InChI is InChI=1S/C21H17ClFNO6S/c1-28-17-8-12(9-18-20(26)24(21(27)31-18)10-19(25)29-2)6-7-16(17)30-11-13-14(22)4-3-5-15(13)23/h3-9H,10-11H2,1-2H3/b18-9-. The lowest BCUT2D eigenvalue weighted by Crippen LogP contribution is -2.34. The van der Waals surface area contributed by atoms with Crippen molar-refractivity contribution in [1.82, 2.24) is 4.90 Å². The Morgan fingerprint density at radius 2 is 1.97 bits per heavy atom. The highest BCUT2D eigenvalue weighted by molar-refractivity contribution is 8.18. The molecule has 0 bridgehead atoms. The van der Waals surface area contributed by atoms with Crippen LogP contribution < -0.4 is 9.47 Å². The van der Waals surface area contributed by atoms with E-state index >= 15 is 0 Å². The van der Waals surface area contributed by atoms with E-state index in [1.165, 1.54) is 32.4 Å². The Kier molecular flexibility index (Phi) is 7.19. The van der Waals surface area contributed by atoms with Gasteiger partial charge in [-0.05, 0) is 47.7 Å². The average molecular weight is 466 g/mol. The summed E-state index contributed by atoms with van der Waals surface area (Å²) in [4.78, 5) is 36.8. The molecule has 1 aliphatic heterocycles. The molecule has 0 N–H and O–H groups in total. The lowest BCUT2D eigenvalue weighted by molar-refractivity contribution is -0.143. The molecular formula is C21H17ClFNO6S. The van der Waals surface area contributed by atoms with Crippen molar-refractivity contribution in [2.75, 3.05) is 20.8 Å². The van der Waals surface area contributed by atoms with Crippen LogP contribution in [-0.4, -0.2) is 42.8 Å². The zero-order chi connectivity index (χ0) is 22.5. The molecule has 0 spiro atoms. The molecule has 2 amide bonds. The molecule has 10 heteroatoms. The lowest BCUT2D eigenvalue weighted by atomic mass is 10.1. The van der Waals surface area contributed by atoms with Crippen molar-refractivity contribution in [2.24, 2.45) is 0 Å². The first-order valence-corrected chi connectivity index (χ1v) is 10.1. The Bertz CT molecular complexity index is 1050. The Morgan fingerprint density at radius 1 is 1.19 bits per heavy atom. The number of esters is 1. The van der Waals surface area contributed by atoms with E-state index in [1.807, 2.05) is 0 Å². The molecular weight excluding hydrogens is 449 g/mol. The zero-order valence-electron chi connectivity index (χ0n) is 16.5. The van der Waals surface area contributed by atoms with Crippen molar-refractivity contribution in [3.05, 3.63) is 63.3 Å². The van der Waals surface area contributed by atoms with E-state index in [9.17, 15) is 18.8 Å². The predicted molar refractivity (Wildman–Crippen MR) is 113 cm³/mol. The number of imide groups is 1. The molecule has 0 saturated carbocycles. The molecule has 2 aromatic rings. The average Bonchev–Trinajstić information content (AvgIpc) is 3.01. The highest BCUT2D eigenvalue weighted by atomic mass is 35.5. The number of hydrogen-bond donors (Lipinski definition) is 0. The molecule has 1 fully saturated rings. The van der Waals surface area contributed by atoms with Crippen LogP contribution in [0.4, 0.5) is 9.18 Å². The molecule has 0 aromatic heterocycles. The van der Waals surface area contributed by atoms with Crippen molar-refractivity contribution in [3.63, 3.8) is 0 Å². The summed E-state index contributed by atoms with van der Waals surface area (Å²) in [6.07, 6.45) is 1.50. The Hall–Kier alpha value is -3.04. The molecule has 31 heavy (non-hydrogen) atoms. The number of carbonyl (C=O) groups excluding carboxylic acids is 3. The summed E-state index contributed by atoms with van der Waals surface area (Å²) in [7, 11) is 2.61. The third kappa shape index (κ3) is 5.18. The molecule has 3 rings (SSSR count). The van der Waals surface area contributed by atoms with Crippen molar-refractivity contribution < 1.29 is 33.0 Å². The van der Waals surface area contributed by atoms with Gasteiger partial charge in [0, 0.05) is 5.56 Å². The highest BCUT2D eigenvalue weighted by Gasteiger charge is 2.36. The fraction of sp³-hybridized carbons (Fsp3) is 0.190. The van der Waals surface area contributed by atoms with Gasteiger partial charge in [-0.2, -0.15) is 0 Å². The minimum Gasteiger partial charge on any atom is -0.493 e. The minimum atomic E-state index is -0.693. The smallest absolute Gasteiger partial charge is 0.325 e. The molecule has 0 unspecified atom stereocenters. The van der Waals surface area contributed by atoms with Crippen LogP contribution in [0.15, 0.2) is 41.3 Å². The van der Waals surface area contributed by atoms with Crippen molar-refractivity contribution in [3.8, 4) is 11.5 Å². The van der Waals surface area contributed by atoms with E-state index in [0.29, 0.717) is 17.1 Å². The fourth-order valence-electron chi connectivity index (χ4n) is 2.69. The molecule has 1 heterocycles. The van der Waals surface area contributed by atoms with Gasteiger partial charge in [0.15, 0.2) is 11.5 Å². The number of hydrogen-bond acceptors (Lipinski definition) is 7. The van der Waals surface area contributed by atoms with Gasteiger partial charge in [0.05, 0.1) is 24.1 Å². The number of halogens is 2. The quantitative estimate of drug-likeness (QED) is 0.446. The monoisotopic (exact) mass is 465 g/mol. The molecule has 1 saturated heterocycles. The maximum atomic E-state index is 13.9. The van der Waals surface area contributed by atoms with Crippen LogP contribution in [-0.2, 0) is 20.9 Å². The van der Waals surface area contributed by atoms with Gasteiger partial charge in [-0.15, -0.1) is 0 Å². The number of nitrogens with zero attached hydrogens (tertiary/aromatic N) is 1. The molecule has 0 aliphatic carbocycles. The summed E-state index contributed by atoms with van der Waals surface area (Å²) in [6.45, 7) is -0.555. The largest absolute Gasteiger partial charge is 0.493 e. The third-order valence-corrected chi connectivity index (χ3v) is 5.57. The van der Waals surface area contributed by atoms with Gasteiger partial charge in [-0.25, -0.2) is 4.39 Å². The van der Waals surface area contributed by atoms with E-state index in [2.05, 4.69) is 4.74 Å². The maximum absolute atomic E-state index is 13.9. The van der Waals surface area contributed by atoms with E-state index in [1.54, 1.807) is 24.3 Å². The number of carbonyl (C=O) groups is 3. The second-order valence-electron chi connectivity index (χ2n) is 6.24. The van der Waals surface area contributed by atoms with Gasteiger partial charge >= 0.3 is 5.97 Å². The van der Waals surface area contributed by atoms with Crippen LogP contribution in [0.25, 0.3) is 6.08 Å². The Morgan fingerprint density at radius 3 is 2.65 bits per heavy atom. The summed E-state index contributed by atoms with van der Waals surface area (Å²) in [5, 5.41) is -0.311. The van der Waals surface area contributed by atoms with Gasteiger partial charge < -0.3 is 14.2 Å². The SMILES string of the molecule is COC(=O)CN1C(=O)S/C(=C\c2ccc(OCc3c(F)cccc3Cl)c(OC)c2)C1=O. The second-order valence-corrected chi connectivity index (χ2v) is 7.64. The zero-order valence-corrected chi connectivity index (χ0v) is 18.1. The van der Waals surface area contributed by atoms with Crippen LogP contribution in [0.3, 0.4) is 0 Å². The van der Waals surface area contributed by atoms with Crippen molar-refractivity contribution in [2.45, 2.75) is 6.61 Å². The highest BCUT2D eigenvalue weighted by Crippen LogP contribution is 2.35. The molecule has 7 nitrogen and oxygen atoms in total. The second kappa shape index (κ2) is 9.84. The molecule has 1 aliphatic rings. The first kappa shape index (κ1) is 22.6. The van der Waals surface area contributed by atoms with Gasteiger partial charge in [-0.3, -0.25) is 19.3 Å². The van der Waals surface area contributed by atoms with Crippen molar-refractivity contribution in [1.29, 1.82) is 0 Å². The number of thioether (sulfide) groups is 1. The lowest BCUT2D eigenvalue weighted by Gasteiger charge is -2.13. The summed E-state index contributed by atoms with van der Waals surface area (Å²) >= 11 is 6.73. The minimum absolute atomic E-state index is 0.104. The summed E-state index contributed by atoms with van der Waals surface area (Å²) < 4.78 is 29.4. The predicted octanol–water partition coefficient (Wildman–Crippen LogP) is 4.28. The van der Waals surface area contributed by atoms with E-state index in [4.69, 9.17) is 21.1 Å². The van der Waals surface area contributed by atoms with E-state index in [-0.39, 0.29) is 22.1 Å². The van der Waals surface area contributed by atoms with Crippen LogP contribution in [0.1, 0.15) is 11.1 Å². The van der Waals surface area contributed by atoms with Gasteiger partial charge in [0.2, 0.25) is 0 Å². The first-order valence-electron chi connectivity index (χ1n) is 8.90. The number of amides is 2. The van der Waals surface area contributed by atoms with Crippen LogP contribution in [0.5, 0.6) is 11.5 Å². The van der Waals surface area contributed by atoms with E-state index in [0.717, 1.165) is 16.7 Å². The van der Waals surface area contributed by atoms with E-state index < -0.39 is 29.5 Å².